The maximum absolute atomic E-state index is 12.9. The fourth-order valence-corrected chi connectivity index (χ4v) is 3.72. The minimum atomic E-state index is -0.661. The maximum Gasteiger partial charge on any atom is 0.332 e. The van der Waals surface area contributed by atoms with Crippen LogP contribution in [0.3, 0.4) is 0 Å². The quantitative estimate of drug-likeness (QED) is 0.691. The molecule has 2 aromatic rings. The van der Waals surface area contributed by atoms with E-state index in [1.807, 2.05) is 37.3 Å². The highest BCUT2D eigenvalue weighted by Gasteiger charge is 2.44. The van der Waals surface area contributed by atoms with Gasteiger partial charge in [-0.3, -0.25) is 19.4 Å². The van der Waals surface area contributed by atoms with Gasteiger partial charge >= 0.3 is 6.03 Å². The molecule has 0 N–H and O–H groups in total. The van der Waals surface area contributed by atoms with Crippen LogP contribution >= 0.6 is 0 Å². The molecule has 0 unspecified atom stereocenters. The Bertz CT molecular complexity index is 1020. The monoisotopic (exact) mass is 423 g/mol. The van der Waals surface area contributed by atoms with E-state index in [0.717, 1.165) is 16.0 Å². The van der Waals surface area contributed by atoms with Crippen LogP contribution in [-0.4, -0.2) is 60.5 Å². The van der Waals surface area contributed by atoms with E-state index in [1.54, 1.807) is 26.1 Å². The fraction of sp³-hybridized carbons (Fsp3) is 0.348. The zero-order valence-electron chi connectivity index (χ0n) is 17.8. The maximum atomic E-state index is 12.9. The average Bonchev–Trinajstić information content (AvgIpc) is 2.97. The number of anilines is 1. The van der Waals surface area contributed by atoms with Gasteiger partial charge in [0.2, 0.25) is 5.91 Å². The smallest absolute Gasteiger partial charge is 0.332 e. The van der Waals surface area contributed by atoms with Crippen molar-refractivity contribution >= 4 is 23.5 Å². The minimum absolute atomic E-state index is 0.300. The van der Waals surface area contributed by atoms with Crippen molar-refractivity contribution in [1.82, 2.24) is 9.80 Å². The summed E-state index contributed by atoms with van der Waals surface area (Å²) in [5.41, 5.74) is 2.56. The Balaban J connectivity index is 1.43. The Morgan fingerprint density at radius 2 is 1.74 bits per heavy atom. The first kappa shape index (κ1) is 20.7. The van der Waals surface area contributed by atoms with Crippen molar-refractivity contribution < 1.29 is 23.9 Å². The predicted octanol–water partition coefficient (Wildman–Crippen LogP) is 2.58. The van der Waals surface area contributed by atoms with Crippen molar-refractivity contribution in [3.8, 4) is 11.5 Å². The molecule has 4 rings (SSSR count). The van der Waals surface area contributed by atoms with E-state index in [0.29, 0.717) is 36.9 Å². The van der Waals surface area contributed by atoms with E-state index in [9.17, 15) is 14.4 Å². The van der Waals surface area contributed by atoms with Crippen LogP contribution in [0.5, 0.6) is 11.5 Å². The number of nitrogens with zero attached hydrogens (tertiary/aromatic N) is 3. The first-order valence-corrected chi connectivity index (χ1v) is 10.2. The number of aryl methyl sites for hydroxylation is 1. The molecule has 2 aromatic carbocycles. The molecule has 0 aromatic heterocycles. The van der Waals surface area contributed by atoms with Gasteiger partial charge in [0.05, 0.1) is 0 Å². The van der Waals surface area contributed by atoms with Crippen molar-refractivity contribution in [3.05, 3.63) is 53.6 Å². The van der Waals surface area contributed by atoms with Crippen LogP contribution in [0.15, 0.2) is 42.5 Å². The molecule has 0 radical (unpaired) electrons. The Labute approximate surface area is 180 Å². The molecule has 162 valence electrons. The molecule has 0 aliphatic carbocycles. The Morgan fingerprint density at radius 3 is 2.45 bits per heavy atom. The summed E-state index contributed by atoms with van der Waals surface area (Å²) in [5.74, 6) is 0.626. The van der Waals surface area contributed by atoms with E-state index in [2.05, 4.69) is 0 Å². The largest absolute Gasteiger partial charge is 0.486 e. The molecule has 0 bridgehead atoms. The van der Waals surface area contributed by atoms with Crippen LogP contribution in [0, 0.1) is 6.92 Å². The van der Waals surface area contributed by atoms with Gasteiger partial charge in [-0.1, -0.05) is 23.8 Å². The molecule has 2 heterocycles. The number of likely N-dealkylation sites (N-methyl/N-ethyl adjacent to an activating group) is 1. The van der Waals surface area contributed by atoms with Crippen molar-refractivity contribution in [1.29, 1.82) is 0 Å². The number of ether oxygens (including phenoxy) is 2. The summed E-state index contributed by atoms with van der Waals surface area (Å²) in [5, 5.41) is 0. The van der Waals surface area contributed by atoms with E-state index >= 15 is 0 Å². The lowest BCUT2D eigenvalue weighted by molar-refractivity contribution is -0.136. The Kier molecular flexibility index (Phi) is 5.54. The van der Waals surface area contributed by atoms with Gasteiger partial charge in [-0.05, 0) is 43.7 Å². The number of hydrogen-bond donors (Lipinski definition) is 0. The molecule has 2 aliphatic heterocycles. The molecular weight excluding hydrogens is 398 g/mol. The zero-order chi connectivity index (χ0) is 22.1. The number of carbonyl (C=O) groups is 3. The third kappa shape index (κ3) is 4.05. The van der Waals surface area contributed by atoms with Gasteiger partial charge in [0.15, 0.2) is 11.5 Å². The lowest BCUT2D eigenvalue weighted by Crippen LogP contribution is -2.42. The van der Waals surface area contributed by atoms with Crippen LogP contribution in [0.1, 0.15) is 18.1 Å². The second-order valence-electron chi connectivity index (χ2n) is 7.82. The van der Waals surface area contributed by atoms with Gasteiger partial charge in [0.1, 0.15) is 25.8 Å². The number of imide groups is 1. The highest BCUT2D eigenvalue weighted by atomic mass is 16.6. The summed E-state index contributed by atoms with van der Waals surface area (Å²) in [7, 11) is 1.64. The van der Waals surface area contributed by atoms with E-state index in [4.69, 9.17) is 9.47 Å². The highest BCUT2D eigenvalue weighted by Crippen LogP contribution is 2.31. The summed E-state index contributed by atoms with van der Waals surface area (Å²) < 4.78 is 11.1. The van der Waals surface area contributed by atoms with Crippen molar-refractivity contribution in [2.24, 2.45) is 0 Å². The molecule has 8 heteroatoms. The second kappa shape index (κ2) is 8.29. The van der Waals surface area contributed by atoms with Crippen molar-refractivity contribution in [3.63, 3.8) is 0 Å². The van der Waals surface area contributed by atoms with E-state index in [-0.39, 0.29) is 18.4 Å². The van der Waals surface area contributed by atoms with Gasteiger partial charge in [0.25, 0.3) is 5.91 Å². The number of carbonyl (C=O) groups excluding carboxylic acids is 3. The number of rotatable bonds is 5. The third-order valence-corrected chi connectivity index (χ3v) is 5.51. The van der Waals surface area contributed by atoms with Crippen LogP contribution in [0.25, 0.3) is 0 Å². The van der Waals surface area contributed by atoms with Crippen LogP contribution in [0.4, 0.5) is 10.5 Å². The highest BCUT2D eigenvalue weighted by molar-refractivity contribution is 6.15. The molecule has 1 fully saturated rings. The molecule has 4 amide bonds. The zero-order valence-corrected chi connectivity index (χ0v) is 17.8. The van der Waals surface area contributed by atoms with Crippen LogP contribution in [-0.2, 0) is 16.1 Å². The summed E-state index contributed by atoms with van der Waals surface area (Å²) in [4.78, 5) is 42.3. The van der Waals surface area contributed by atoms with E-state index < -0.39 is 12.1 Å². The molecular formula is C23H25N3O5. The average molecular weight is 423 g/mol. The first-order valence-electron chi connectivity index (χ1n) is 10.2. The lowest BCUT2D eigenvalue weighted by Gasteiger charge is -2.23. The topological polar surface area (TPSA) is 79.4 Å². The summed E-state index contributed by atoms with van der Waals surface area (Å²) >= 11 is 0. The summed E-state index contributed by atoms with van der Waals surface area (Å²) in [6, 6.07) is 11.7. The second-order valence-corrected chi connectivity index (χ2v) is 7.82. The lowest BCUT2D eigenvalue weighted by atomic mass is 10.2. The summed E-state index contributed by atoms with van der Waals surface area (Å²) in [6.07, 6.45) is 0. The van der Waals surface area contributed by atoms with Gasteiger partial charge in [-0.25, -0.2) is 4.79 Å². The Morgan fingerprint density at radius 1 is 1.06 bits per heavy atom. The van der Waals surface area contributed by atoms with Crippen LogP contribution < -0.4 is 14.4 Å². The predicted molar refractivity (Wildman–Crippen MR) is 114 cm³/mol. The SMILES string of the molecule is Cc1ccc(N2C(=O)N(CC(=O)N(C)Cc3ccc4c(c3)OCCO4)C(=O)[C@@H]2C)cc1. The van der Waals surface area contributed by atoms with E-state index in [1.165, 1.54) is 9.80 Å². The standard InChI is InChI=1S/C23H25N3O5/c1-15-4-7-18(8-5-15)26-16(2)22(28)25(23(26)29)14-21(27)24(3)13-17-6-9-19-20(12-17)31-11-10-30-19/h4-9,12,16H,10-11,13-14H2,1-3H3/t16-/m0/s1. The number of benzene rings is 2. The molecule has 0 saturated carbocycles. The van der Waals surface area contributed by atoms with Gasteiger partial charge in [0, 0.05) is 19.3 Å². The first-order chi connectivity index (χ1) is 14.8. The molecule has 31 heavy (non-hydrogen) atoms. The number of urea groups is 1. The molecule has 2 aliphatic rings. The normalized spacial score (nSPS) is 17.8. The Hall–Kier alpha value is -3.55. The number of fused-ring (bicyclic) bond motifs is 1. The van der Waals surface area contributed by atoms with Gasteiger partial charge in [-0.15, -0.1) is 0 Å². The number of amides is 4. The molecule has 1 atom stereocenters. The fourth-order valence-electron chi connectivity index (χ4n) is 3.72. The van der Waals surface area contributed by atoms with Crippen molar-refractivity contribution in [2.75, 3.05) is 31.7 Å². The minimum Gasteiger partial charge on any atom is -0.486 e. The van der Waals surface area contributed by atoms with Gasteiger partial charge < -0.3 is 14.4 Å². The molecule has 8 nitrogen and oxygen atoms in total. The summed E-state index contributed by atoms with van der Waals surface area (Å²) in [6.45, 7) is 4.64. The molecule has 1 saturated heterocycles. The third-order valence-electron chi connectivity index (χ3n) is 5.51. The number of hydrogen-bond acceptors (Lipinski definition) is 5. The van der Waals surface area contributed by atoms with Gasteiger partial charge in [-0.2, -0.15) is 0 Å². The van der Waals surface area contributed by atoms with Crippen molar-refractivity contribution in [2.45, 2.75) is 26.4 Å². The molecule has 0 spiro atoms. The van der Waals surface area contributed by atoms with Crippen LogP contribution in [0.2, 0.25) is 0 Å².